The summed E-state index contributed by atoms with van der Waals surface area (Å²) in [5.41, 5.74) is 8.41. The number of ether oxygens (including phenoxy) is 1. The molecule has 110 valence electrons. The summed E-state index contributed by atoms with van der Waals surface area (Å²) in [4.78, 5) is 11.9. The van der Waals surface area contributed by atoms with Crippen molar-refractivity contribution in [3.63, 3.8) is 0 Å². The molecule has 0 atom stereocenters. The average molecular weight is 349 g/mol. The molecule has 2 aromatic carbocycles. The third-order valence-electron chi connectivity index (χ3n) is 2.90. The first-order valence-electron chi connectivity index (χ1n) is 6.56. The number of carbonyl (C=O) groups excluding carboxylic acids is 1. The lowest BCUT2D eigenvalue weighted by molar-refractivity contribution is -0.118. The van der Waals surface area contributed by atoms with Gasteiger partial charge in [-0.05, 0) is 31.2 Å². The van der Waals surface area contributed by atoms with Gasteiger partial charge in [0.2, 0.25) is 0 Å². The predicted octanol–water partition coefficient (Wildman–Crippen LogP) is 3.23. The maximum atomic E-state index is 11.9. The standard InChI is InChI=1S/C16H17BrN2O2/c1-11-5-6-15(12(7-11)9-18)21-10-16(20)19-14-4-2-3-13(17)8-14/h2-8H,9-10,18H2,1H3,(H,19,20). The van der Waals surface area contributed by atoms with Crippen LogP contribution in [0.3, 0.4) is 0 Å². The molecule has 0 aromatic heterocycles. The number of nitrogens with two attached hydrogens (primary N) is 1. The smallest absolute Gasteiger partial charge is 0.262 e. The molecule has 4 nitrogen and oxygen atoms in total. The maximum Gasteiger partial charge on any atom is 0.262 e. The molecule has 1 amide bonds. The number of benzene rings is 2. The van der Waals surface area contributed by atoms with Crippen molar-refractivity contribution < 1.29 is 9.53 Å². The lowest BCUT2D eigenvalue weighted by atomic mass is 10.1. The van der Waals surface area contributed by atoms with E-state index in [1.54, 1.807) is 0 Å². The minimum absolute atomic E-state index is 0.0530. The summed E-state index contributed by atoms with van der Waals surface area (Å²) in [7, 11) is 0. The molecule has 0 unspecified atom stereocenters. The molecule has 2 aromatic rings. The third-order valence-corrected chi connectivity index (χ3v) is 3.40. The van der Waals surface area contributed by atoms with Gasteiger partial charge in [-0.3, -0.25) is 4.79 Å². The lowest BCUT2D eigenvalue weighted by Crippen LogP contribution is -2.20. The maximum absolute atomic E-state index is 11.9. The van der Waals surface area contributed by atoms with Gasteiger partial charge >= 0.3 is 0 Å². The first kappa shape index (κ1) is 15.5. The Balaban J connectivity index is 1.95. The largest absolute Gasteiger partial charge is 0.483 e. The minimum Gasteiger partial charge on any atom is -0.483 e. The number of aryl methyl sites for hydroxylation is 1. The molecular weight excluding hydrogens is 332 g/mol. The van der Waals surface area contributed by atoms with Gasteiger partial charge in [0, 0.05) is 22.3 Å². The van der Waals surface area contributed by atoms with Gasteiger partial charge < -0.3 is 15.8 Å². The third kappa shape index (κ3) is 4.58. The van der Waals surface area contributed by atoms with Crippen LogP contribution in [-0.4, -0.2) is 12.5 Å². The summed E-state index contributed by atoms with van der Waals surface area (Å²) in [6.45, 7) is 2.32. The van der Waals surface area contributed by atoms with Gasteiger partial charge in [0.1, 0.15) is 5.75 Å². The Bertz CT molecular complexity index is 644. The number of hydrogen-bond donors (Lipinski definition) is 2. The molecule has 21 heavy (non-hydrogen) atoms. The summed E-state index contributed by atoms with van der Waals surface area (Å²) in [5.74, 6) is 0.434. The van der Waals surface area contributed by atoms with Crippen molar-refractivity contribution in [1.82, 2.24) is 0 Å². The van der Waals surface area contributed by atoms with Crippen LogP contribution in [0.1, 0.15) is 11.1 Å². The molecule has 0 bridgehead atoms. The van der Waals surface area contributed by atoms with Crippen LogP contribution < -0.4 is 15.8 Å². The van der Waals surface area contributed by atoms with Crippen molar-refractivity contribution in [2.24, 2.45) is 5.73 Å². The van der Waals surface area contributed by atoms with Gasteiger partial charge in [-0.1, -0.05) is 39.7 Å². The van der Waals surface area contributed by atoms with Gasteiger partial charge in [0.15, 0.2) is 6.61 Å². The van der Waals surface area contributed by atoms with E-state index in [1.807, 2.05) is 49.4 Å². The topological polar surface area (TPSA) is 64.3 Å². The minimum atomic E-state index is -0.211. The molecule has 2 rings (SSSR count). The summed E-state index contributed by atoms with van der Waals surface area (Å²) in [5, 5.41) is 2.78. The Hall–Kier alpha value is -1.85. The number of carbonyl (C=O) groups is 1. The molecule has 3 N–H and O–H groups in total. The predicted molar refractivity (Wildman–Crippen MR) is 87.3 cm³/mol. The van der Waals surface area contributed by atoms with E-state index in [1.165, 1.54) is 0 Å². The molecule has 0 saturated carbocycles. The van der Waals surface area contributed by atoms with Crippen molar-refractivity contribution in [3.05, 3.63) is 58.1 Å². The number of anilines is 1. The highest BCUT2D eigenvalue weighted by Crippen LogP contribution is 2.20. The fourth-order valence-electron chi connectivity index (χ4n) is 1.92. The van der Waals surface area contributed by atoms with Gasteiger partial charge in [-0.2, -0.15) is 0 Å². The second kappa shape index (κ2) is 7.24. The van der Waals surface area contributed by atoms with E-state index in [9.17, 15) is 4.79 Å². The first-order valence-corrected chi connectivity index (χ1v) is 7.35. The van der Waals surface area contributed by atoms with Crippen LogP contribution in [0.25, 0.3) is 0 Å². The van der Waals surface area contributed by atoms with Crippen LogP contribution >= 0.6 is 15.9 Å². The number of rotatable bonds is 5. The Morgan fingerprint density at radius 1 is 1.29 bits per heavy atom. The van der Waals surface area contributed by atoms with Crippen LogP contribution in [-0.2, 0) is 11.3 Å². The Morgan fingerprint density at radius 3 is 2.81 bits per heavy atom. The van der Waals surface area contributed by atoms with E-state index in [2.05, 4.69) is 21.2 Å². The summed E-state index contributed by atoms with van der Waals surface area (Å²) < 4.78 is 6.45. The van der Waals surface area contributed by atoms with Crippen molar-refractivity contribution in [3.8, 4) is 5.75 Å². The highest BCUT2D eigenvalue weighted by molar-refractivity contribution is 9.10. The number of halogens is 1. The fourth-order valence-corrected chi connectivity index (χ4v) is 2.31. The Morgan fingerprint density at radius 2 is 2.10 bits per heavy atom. The van der Waals surface area contributed by atoms with E-state index in [0.29, 0.717) is 12.3 Å². The Labute approximate surface area is 132 Å². The van der Waals surface area contributed by atoms with Crippen molar-refractivity contribution in [1.29, 1.82) is 0 Å². The van der Waals surface area contributed by atoms with E-state index >= 15 is 0 Å². The Kier molecular flexibility index (Phi) is 5.36. The monoisotopic (exact) mass is 348 g/mol. The van der Waals surface area contributed by atoms with Gasteiger partial charge in [0.05, 0.1) is 0 Å². The zero-order chi connectivity index (χ0) is 15.2. The highest BCUT2D eigenvalue weighted by Gasteiger charge is 2.07. The average Bonchev–Trinajstić information content (AvgIpc) is 2.45. The van der Waals surface area contributed by atoms with Crippen LogP contribution in [0.4, 0.5) is 5.69 Å². The molecule has 5 heteroatoms. The molecule has 0 aliphatic carbocycles. The first-order chi connectivity index (χ1) is 10.1. The van der Waals surface area contributed by atoms with Gasteiger partial charge in [0.25, 0.3) is 5.91 Å². The molecule has 0 fully saturated rings. The molecule has 0 heterocycles. The van der Waals surface area contributed by atoms with Crippen LogP contribution in [0, 0.1) is 6.92 Å². The molecule has 0 aliphatic heterocycles. The zero-order valence-electron chi connectivity index (χ0n) is 11.7. The van der Waals surface area contributed by atoms with E-state index < -0.39 is 0 Å². The molecular formula is C16H17BrN2O2. The van der Waals surface area contributed by atoms with Gasteiger partial charge in [-0.15, -0.1) is 0 Å². The molecule has 0 spiro atoms. The highest BCUT2D eigenvalue weighted by atomic mass is 79.9. The van der Waals surface area contributed by atoms with Crippen LogP contribution in [0.15, 0.2) is 46.9 Å². The quantitative estimate of drug-likeness (QED) is 0.871. The van der Waals surface area contributed by atoms with E-state index in [4.69, 9.17) is 10.5 Å². The molecule has 0 radical (unpaired) electrons. The zero-order valence-corrected chi connectivity index (χ0v) is 13.3. The number of nitrogens with one attached hydrogen (secondary N) is 1. The van der Waals surface area contributed by atoms with Crippen LogP contribution in [0.5, 0.6) is 5.75 Å². The second-order valence-corrected chi connectivity index (χ2v) is 5.58. The number of hydrogen-bond acceptors (Lipinski definition) is 3. The summed E-state index contributed by atoms with van der Waals surface area (Å²) in [6, 6.07) is 13.1. The summed E-state index contributed by atoms with van der Waals surface area (Å²) >= 11 is 3.36. The second-order valence-electron chi connectivity index (χ2n) is 4.66. The SMILES string of the molecule is Cc1ccc(OCC(=O)Nc2cccc(Br)c2)c(CN)c1. The van der Waals surface area contributed by atoms with Crippen molar-refractivity contribution in [2.45, 2.75) is 13.5 Å². The molecule has 0 aliphatic rings. The van der Waals surface area contributed by atoms with Crippen molar-refractivity contribution in [2.75, 3.05) is 11.9 Å². The lowest BCUT2D eigenvalue weighted by Gasteiger charge is -2.11. The normalized spacial score (nSPS) is 10.2. The van der Waals surface area contributed by atoms with Crippen molar-refractivity contribution >= 4 is 27.5 Å². The van der Waals surface area contributed by atoms with E-state index in [0.717, 1.165) is 21.3 Å². The van der Waals surface area contributed by atoms with Crippen LogP contribution in [0.2, 0.25) is 0 Å². The van der Waals surface area contributed by atoms with Gasteiger partial charge in [-0.25, -0.2) is 0 Å². The van der Waals surface area contributed by atoms with E-state index in [-0.39, 0.29) is 12.5 Å². The molecule has 0 saturated heterocycles. The fraction of sp³-hybridized carbons (Fsp3) is 0.188. The number of amides is 1. The summed E-state index contributed by atoms with van der Waals surface area (Å²) in [6.07, 6.45) is 0.